The van der Waals surface area contributed by atoms with Gasteiger partial charge in [0.15, 0.2) is 11.2 Å². The SMILES string of the molecule is NC/C(=C\F)Cn1ncn(-c2cccc(/C=C/c3cnc4[nH]c(=O)oc4c3)n2)c1=O. The van der Waals surface area contributed by atoms with E-state index in [2.05, 4.69) is 20.1 Å². The Hall–Kier alpha value is -4.12. The van der Waals surface area contributed by atoms with Gasteiger partial charge in [0.05, 0.1) is 18.6 Å². The molecule has 11 heteroatoms. The number of pyridine rings is 2. The van der Waals surface area contributed by atoms with Crippen LogP contribution in [-0.2, 0) is 6.54 Å². The Bertz CT molecular complexity index is 1380. The topological polar surface area (TPSA) is 138 Å². The number of halogens is 1. The molecule has 30 heavy (non-hydrogen) atoms. The minimum Gasteiger partial charge on any atom is -0.406 e. The normalized spacial score (nSPS) is 12.3. The number of nitrogens with one attached hydrogen (secondary N) is 1. The summed E-state index contributed by atoms with van der Waals surface area (Å²) in [5.41, 5.74) is 7.21. The molecule has 10 nitrogen and oxygen atoms in total. The van der Waals surface area contributed by atoms with E-state index in [1.165, 1.54) is 10.9 Å². The molecule has 0 spiro atoms. The fraction of sp³-hybridized carbons (Fsp3) is 0.105. The van der Waals surface area contributed by atoms with Gasteiger partial charge in [-0.1, -0.05) is 12.1 Å². The molecule has 0 aliphatic carbocycles. The number of H-pyrrole nitrogens is 1. The van der Waals surface area contributed by atoms with Gasteiger partial charge in [0, 0.05) is 12.7 Å². The van der Waals surface area contributed by atoms with Crippen molar-refractivity contribution in [2.45, 2.75) is 6.54 Å². The van der Waals surface area contributed by atoms with E-state index in [4.69, 9.17) is 10.2 Å². The monoisotopic (exact) mass is 409 g/mol. The van der Waals surface area contributed by atoms with Crippen LogP contribution in [0.4, 0.5) is 4.39 Å². The second kappa shape index (κ2) is 8.09. The number of fused-ring (bicyclic) bond motifs is 1. The van der Waals surface area contributed by atoms with Crippen LogP contribution >= 0.6 is 0 Å². The van der Waals surface area contributed by atoms with Gasteiger partial charge in [-0.15, -0.1) is 0 Å². The van der Waals surface area contributed by atoms with Gasteiger partial charge in [-0.05, 0) is 35.4 Å². The minimum absolute atomic E-state index is 0.0128. The van der Waals surface area contributed by atoms with Crippen molar-refractivity contribution in [1.29, 1.82) is 0 Å². The molecule has 0 aromatic carbocycles. The second-order valence-corrected chi connectivity index (χ2v) is 6.30. The molecule has 0 amide bonds. The minimum atomic E-state index is -0.570. The van der Waals surface area contributed by atoms with E-state index in [9.17, 15) is 14.0 Å². The average molecular weight is 409 g/mol. The first kappa shape index (κ1) is 19.2. The Kier molecular flexibility index (Phi) is 5.18. The van der Waals surface area contributed by atoms with E-state index in [0.29, 0.717) is 34.6 Å². The first-order chi connectivity index (χ1) is 14.6. The molecule has 0 fully saturated rings. The zero-order chi connectivity index (χ0) is 21.1. The third kappa shape index (κ3) is 3.86. The predicted octanol–water partition coefficient (Wildman–Crippen LogP) is 1.24. The van der Waals surface area contributed by atoms with E-state index < -0.39 is 11.4 Å². The average Bonchev–Trinajstić information content (AvgIpc) is 3.31. The van der Waals surface area contributed by atoms with Crippen molar-refractivity contribution >= 4 is 23.4 Å². The molecule has 3 N–H and O–H groups in total. The fourth-order valence-electron chi connectivity index (χ4n) is 2.73. The third-order valence-electron chi connectivity index (χ3n) is 4.25. The zero-order valence-electron chi connectivity index (χ0n) is 15.5. The molecule has 4 rings (SSSR count). The highest BCUT2D eigenvalue weighted by atomic mass is 19.1. The highest BCUT2D eigenvalue weighted by Crippen LogP contribution is 2.13. The van der Waals surface area contributed by atoms with Crippen LogP contribution in [0.25, 0.3) is 29.2 Å². The number of nitrogens with two attached hydrogens (primary N) is 1. The Morgan fingerprint density at radius 2 is 2.17 bits per heavy atom. The van der Waals surface area contributed by atoms with Crippen molar-refractivity contribution in [2.24, 2.45) is 5.73 Å². The molecule has 0 radical (unpaired) electrons. The molecule has 4 aromatic rings. The smallest absolute Gasteiger partial charge is 0.406 e. The standard InChI is InChI=1S/C19H16FN7O3/c20-7-13(8-21)10-27-19(29)26(11-23-27)16-3-1-2-14(24-16)5-4-12-6-15-17(22-9-12)25-18(28)30-15/h1-7,9,11H,8,10,21H2,(H,22,25,28)/b5-4+,13-7+. The maximum absolute atomic E-state index is 12.7. The molecule has 152 valence electrons. The summed E-state index contributed by atoms with van der Waals surface area (Å²) < 4.78 is 20.1. The first-order valence-electron chi connectivity index (χ1n) is 8.84. The molecule has 0 aliphatic rings. The van der Waals surface area contributed by atoms with Crippen LogP contribution in [0.15, 0.2) is 62.7 Å². The maximum Gasteiger partial charge on any atom is 0.418 e. The van der Waals surface area contributed by atoms with E-state index in [1.807, 2.05) is 0 Å². The molecule has 0 saturated carbocycles. The number of nitrogens with zero attached hydrogens (tertiary/aromatic N) is 5. The summed E-state index contributed by atoms with van der Waals surface area (Å²) in [4.78, 5) is 34.8. The quantitative estimate of drug-likeness (QED) is 0.489. The van der Waals surface area contributed by atoms with Crippen LogP contribution in [0.2, 0.25) is 0 Å². The van der Waals surface area contributed by atoms with Crippen LogP contribution in [-0.4, -0.2) is 35.8 Å². The Labute approximate surface area is 167 Å². The van der Waals surface area contributed by atoms with Crippen LogP contribution in [0, 0.1) is 0 Å². The molecule has 4 heterocycles. The lowest BCUT2D eigenvalue weighted by atomic mass is 10.2. The van der Waals surface area contributed by atoms with Crippen LogP contribution in [0.3, 0.4) is 0 Å². The summed E-state index contributed by atoms with van der Waals surface area (Å²) in [5.74, 6) is -0.211. The molecule has 0 atom stereocenters. The van der Waals surface area contributed by atoms with Gasteiger partial charge in [0.2, 0.25) is 0 Å². The molecule has 0 aliphatic heterocycles. The number of rotatable bonds is 6. The molecule has 0 saturated heterocycles. The van der Waals surface area contributed by atoms with E-state index >= 15 is 0 Å². The summed E-state index contributed by atoms with van der Waals surface area (Å²) in [5, 5.41) is 3.98. The summed E-state index contributed by atoms with van der Waals surface area (Å²) in [6.07, 6.45) is 6.74. The number of hydrogen-bond acceptors (Lipinski definition) is 7. The van der Waals surface area contributed by atoms with E-state index in [1.54, 1.807) is 42.6 Å². The van der Waals surface area contributed by atoms with Crippen LogP contribution in [0.1, 0.15) is 11.3 Å². The summed E-state index contributed by atoms with van der Waals surface area (Å²) in [6.45, 7) is -0.0513. The van der Waals surface area contributed by atoms with Crippen molar-refractivity contribution in [3.63, 3.8) is 0 Å². The fourth-order valence-corrected chi connectivity index (χ4v) is 2.73. The Morgan fingerprint density at radius 1 is 1.30 bits per heavy atom. The van der Waals surface area contributed by atoms with Crippen LogP contribution < -0.4 is 17.2 Å². The predicted molar refractivity (Wildman–Crippen MR) is 107 cm³/mol. The second-order valence-electron chi connectivity index (χ2n) is 6.30. The summed E-state index contributed by atoms with van der Waals surface area (Å²) in [6, 6.07) is 6.83. The number of aromatic amines is 1. The van der Waals surface area contributed by atoms with Gasteiger partial charge in [0.1, 0.15) is 12.1 Å². The largest absolute Gasteiger partial charge is 0.418 e. The van der Waals surface area contributed by atoms with E-state index in [0.717, 1.165) is 4.68 Å². The van der Waals surface area contributed by atoms with Crippen molar-refractivity contribution < 1.29 is 8.81 Å². The number of aromatic nitrogens is 6. The van der Waals surface area contributed by atoms with Gasteiger partial charge < -0.3 is 10.2 Å². The van der Waals surface area contributed by atoms with Crippen molar-refractivity contribution in [3.05, 3.63) is 81.0 Å². The molecular weight excluding hydrogens is 393 g/mol. The number of hydrogen-bond donors (Lipinski definition) is 2. The van der Waals surface area contributed by atoms with Gasteiger partial charge in [-0.2, -0.15) is 5.10 Å². The van der Waals surface area contributed by atoms with Crippen molar-refractivity contribution in [2.75, 3.05) is 6.54 Å². The van der Waals surface area contributed by atoms with E-state index in [-0.39, 0.29) is 18.7 Å². The first-order valence-corrected chi connectivity index (χ1v) is 8.84. The lowest BCUT2D eigenvalue weighted by molar-refractivity contribution is 0.555. The summed E-state index contributed by atoms with van der Waals surface area (Å²) >= 11 is 0. The lowest BCUT2D eigenvalue weighted by Gasteiger charge is -2.02. The van der Waals surface area contributed by atoms with Gasteiger partial charge in [-0.3, -0.25) is 4.98 Å². The molecule has 4 aromatic heterocycles. The Balaban J connectivity index is 1.59. The molecule has 0 unspecified atom stereocenters. The van der Waals surface area contributed by atoms with Gasteiger partial charge >= 0.3 is 11.4 Å². The molecule has 0 bridgehead atoms. The lowest BCUT2D eigenvalue weighted by Crippen LogP contribution is -2.26. The number of oxazole rings is 1. The van der Waals surface area contributed by atoms with Crippen molar-refractivity contribution in [1.82, 2.24) is 29.3 Å². The Morgan fingerprint density at radius 3 is 2.97 bits per heavy atom. The van der Waals surface area contributed by atoms with Gasteiger partial charge in [-0.25, -0.2) is 33.2 Å². The summed E-state index contributed by atoms with van der Waals surface area (Å²) in [7, 11) is 0. The molecular formula is C19H16FN7O3. The van der Waals surface area contributed by atoms with Crippen LogP contribution in [0.5, 0.6) is 0 Å². The third-order valence-corrected chi connectivity index (χ3v) is 4.25. The zero-order valence-corrected chi connectivity index (χ0v) is 15.5. The van der Waals surface area contributed by atoms with Gasteiger partial charge in [0.25, 0.3) is 0 Å². The highest BCUT2D eigenvalue weighted by Gasteiger charge is 2.10. The highest BCUT2D eigenvalue weighted by molar-refractivity contribution is 5.75. The maximum atomic E-state index is 12.7. The van der Waals surface area contributed by atoms with Crippen molar-refractivity contribution in [3.8, 4) is 5.82 Å².